The summed E-state index contributed by atoms with van der Waals surface area (Å²) in [6.45, 7) is 2.49. The average Bonchev–Trinajstić information content (AvgIpc) is 2.86. The van der Waals surface area contributed by atoms with Crippen molar-refractivity contribution in [1.82, 2.24) is 5.32 Å². The minimum atomic E-state index is -1.18. The molecule has 1 aliphatic heterocycles. The number of amides is 1. The summed E-state index contributed by atoms with van der Waals surface area (Å²) in [7, 11) is 0. The molecule has 8 heteroatoms. The largest absolute Gasteiger partial charge is 0.387 e. The normalized spacial score (nSPS) is 32.7. The molecule has 0 unspecified atom stereocenters. The Morgan fingerprint density at radius 2 is 2.40 bits per heavy atom. The average molecular weight is 410 g/mol. The first-order valence-corrected chi connectivity index (χ1v) is 7.90. The van der Waals surface area contributed by atoms with E-state index in [0.29, 0.717) is 11.0 Å². The lowest BCUT2D eigenvalue weighted by molar-refractivity contribution is -0.124. The quantitative estimate of drug-likeness (QED) is 0.681. The SMILES string of the molecule is CCCNC(=O)C1=NO[C@@]2(C=C(Br)C(=O)[C@@H](Br)[C@H]2O)C1. The van der Waals surface area contributed by atoms with Crippen molar-refractivity contribution in [2.45, 2.75) is 36.3 Å². The topological polar surface area (TPSA) is 88.0 Å². The van der Waals surface area contributed by atoms with Crippen LogP contribution in [0.2, 0.25) is 0 Å². The predicted octanol–water partition coefficient (Wildman–Crippen LogP) is 1.01. The van der Waals surface area contributed by atoms with Gasteiger partial charge in [-0.25, -0.2) is 0 Å². The molecule has 0 aromatic heterocycles. The first kappa shape index (κ1) is 15.7. The number of rotatable bonds is 3. The van der Waals surface area contributed by atoms with E-state index < -0.39 is 16.5 Å². The van der Waals surface area contributed by atoms with Crippen molar-refractivity contribution in [3.8, 4) is 0 Å². The number of aliphatic hydroxyl groups excluding tert-OH is 1. The summed E-state index contributed by atoms with van der Waals surface area (Å²) in [4.78, 5) is 28.1. The smallest absolute Gasteiger partial charge is 0.269 e. The first-order chi connectivity index (χ1) is 9.41. The summed E-state index contributed by atoms with van der Waals surface area (Å²) >= 11 is 6.29. The third-order valence-electron chi connectivity index (χ3n) is 3.20. The van der Waals surface area contributed by atoms with Crippen molar-refractivity contribution >= 4 is 49.3 Å². The highest BCUT2D eigenvalue weighted by molar-refractivity contribution is 9.12. The molecule has 6 nitrogen and oxygen atoms in total. The van der Waals surface area contributed by atoms with Gasteiger partial charge in [-0.2, -0.15) is 0 Å². The predicted molar refractivity (Wildman–Crippen MR) is 79.9 cm³/mol. The number of carbonyl (C=O) groups is 2. The fourth-order valence-corrected chi connectivity index (χ4v) is 3.69. The van der Waals surface area contributed by atoms with Gasteiger partial charge in [0.05, 0.1) is 4.48 Å². The third kappa shape index (κ3) is 2.68. The zero-order chi connectivity index (χ0) is 14.9. The van der Waals surface area contributed by atoms with E-state index in [4.69, 9.17) is 4.84 Å². The maximum Gasteiger partial charge on any atom is 0.269 e. The number of oxime groups is 1. The van der Waals surface area contributed by atoms with Crippen LogP contribution in [0.3, 0.4) is 0 Å². The number of nitrogens with one attached hydrogen (secondary N) is 1. The number of aliphatic hydroxyl groups is 1. The van der Waals surface area contributed by atoms with E-state index in [2.05, 4.69) is 42.3 Å². The lowest BCUT2D eigenvalue weighted by Crippen LogP contribution is -2.52. The Bertz CT molecular complexity index is 506. The van der Waals surface area contributed by atoms with Crippen LogP contribution in [-0.2, 0) is 14.4 Å². The van der Waals surface area contributed by atoms with Crippen molar-refractivity contribution < 1.29 is 19.5 Å². The number of hydrogen-bond donors (Lipinski definition) is 2. The van der Waals surface area contributed by atoms with Crippen LogP contribution in [0.1, 0.15) is 19.8 Å². The summed E-state index contributed by atoms with van der Waals surface area (Å²) in [6, 6.07) is 0. The molecule has 2 aliphatic rings. The number of halogens is 2. The van der Waals surface area contributed by atoms with Crippen LogP contribution in [0.4, 0.5) is 0 Å². The summed E-state index contributed by atoms with van der Waals surface area (Å²) in [5.41, 5.74) is -0.970. The zero-order valence-electron chi connectivity index (χ0n) is 10.7. The number of hydrogen-bond acceptors (Lipinski definition) is 5. The minimum absolute atomic E-state index is 0.119. The molecular formula is C12H14Br2N2O4. The summed E-state index contributed by atoms with van der Waals surface area (Å²) in [6.07, 6.45) is 1.30. The number of allylic oxidation sites excluding steroid dienone is 1. The molecule has 1 amide bonds. The van der Waals surface area contributed by atoms with Crippen LogP contribution >= 0.6 is 31.9 Å². The second-order valence-corrected chi connectivity index (χ2v) is 6.56. The molecule has 1 aliphatic carbocycles. The Morgan fingerprint density at radius 3 is 3.05 bits per heavy atom. The van der Waals surface area contributed by atoms with Crippen LogP contribution in [-0.4, -0.2) is 45.6 Å². The Balaban J connectivity index is 2.16. The Kier molecular flexibility index (Phi) is 4.66. The first-order valence-electron chi connectivity index (χ1n) is 6.19. The van der Waals surface area contributed by atoms with Gasteiger partial charge in [0, 0.05) is 13.0 Å². The molecular weight excluding hydrogens is 396 g/mol. The van der Waals surface area contributed by atoms with Gasteiger partial charge >= 0.3 is 0 Å². The molecule has 2 N–H and O–H groups in total. The van der Waals surface area contributed by atoms with Crippen LogP contribution in [0.5, 0.6) is 0 Å². The maximum atomic E-state index is 11.8. The van der Waals surface area contributed by atoms with E-state index in [-0.39, 0.29) is 23.8 Å². The molecule has 1 spiro atoms. The second kappa shape index (κ2) is 5.95. The lowest BCUT2D eigenvalue weighted by atomic mass is 9.83. The Morgan fingerprint density at radius 1 is 1.70 bits per heavy atom. The van der Waals surface area contributed by atoms with Crippen LogP contribution in [0.25, 0.3) is 0 Å². The third-order valence-corrected chi connectivity index (χ3v) is 4.74. The summed E-state index contributed by atoms with van der Waals surface area (Å²) in [5.74, 6) is -0.584. The van der Waals surface area contributed by atoms with Crippen LogP contribution < -0.4 is 5.32 Å². The van der Waals surface area contributed by atoms with E-state index in [1.807, 2.05) is 6.92 Å². The lowest BCUT2D eigenvalue weighted by Gasteiger charge is -2.34. The van der Waals surface area contributed by atoms with E-state index in [1.54, 1.807) is 0 Å². The zero-order valence-corrected chi connectivity index (χ0v) is 13.9. The highest BCUT2D eigenvalue weighted by Crippen LogP contribution is 2.39. The molecule has 0 saturated heterocycles. The number of ketones is 1. The van der Waals surface area contributed by atoms with Gasteiger partial charge in [0.25, 0.3) is 5.91 Å². The monoisotopic (exact) mass is 408 g/mol. The van der Waals surface area contributed by atoms with E-state index in [9.17, 15) is 14.7 Å². The van der Waals surface area contributed by atoms with Gasteiger partial charge in [0.1, 0.15) is 16.6 Å². The highest BCUT2D eigenvalue weighted by atomic mass is 79.9. The Labute approximate surface area is 132 Å². The second-order valence-electron chi connectivity index (χ2n) is 4.72. The molecule has 1 heterocycles. The molecule has 110 valence electrons. The van der Waals surface area contributed by atoms with Crippen LogP contribution in [0.15, 0.2) is 15.7 Å². The number of Topliss-reactive ketones (excluding diaryl/α,β-unsaturated/α-hetero) is 1. The summed E-state index contributed by atoms with van der Waals surface area (Å²) < 4.78 is 0.301. The van der Waals surface area contributed by atoms with E-state index >= 15 is 0 Å². The van der Waals surface area contributed by atoms with Gasteiger partial charge < -0.3 is 15.3 Å². The molecule has 3 atom stereocenters. The van der Waals surface area contributed by atoms with Crippen molar-refractivity contribution in [1.29, 1.82) is 0 Å². The Hall–Kier alpha value is -0.730. The molecule has 0 fully saturated rings. The van der Waals surface area contributed by atoms with Gasteiger partial charge in [0.2, 0.25) is 0 Å². The highest BCUT2D eigenvalue weighted by Gasteiger charge is 2.53. The molecule has 0 bridgehead atoms. The summed E-state index contributed by atoms with van der Waals surface area (Å²) in [5, 5.41) is 16.7. The van der Waals surface area contributed by atoms with Crippen LogP contribution in [0, 0.1) is 0 Å². The van der Waals surface area contributed by atoms with E-state index in [1.165, 1.54) is 6.08 Å². The number of nitrogens with zero attached hydrogens (tertiary/aromatic N) is 1. The van der Waals surface area contributed by atoms with Crippen molar-refractivity contribution in [3.63, 3.8) is 0 Å². The maximum absolute atomic E-state index is 11.8. The van der Waals surface area contributed by atoms with Crippen molar-refractivity contribution in [3.05, 3.63) is 10.6 Å². The number of carbonyl (C=O) groups excluding carboxylic acids is 2. The van der Waals surface area contributed by atoms with Gasteiger partial charge in [-0.05, 0) is 28.4 Å². The molecule has 20 heavy (non-hydrogen) atoms. The van der Waals surface area contributed by atoms with Gasteiger partial charge in [-0.1, -0.05) is 28.0 Å². The van der Waals surface area contributed by atoms with Crippen molar-refractivity contribution in [2.75, 3.05) is 6.54 Å². The fraction of sp³-hybridized carbons (Fsp3) is 0.583. The van der Waals surface area contributed by atoms with Crippen molar-refractivity contribution in [2.24, 2.45) is 5.16 Å². The fourth-order valence-electron chi connectivity index (χ4n) is 2.06. The standard InChI is InChI=1S/C12H14Br2N2O4/c1-2-3-15-11(19)7-5-12(20-16-7)4-6(13)9(17)8(14)10(12)18/h4,8,10,18H,2-3,5H2,1H3,(H,15,19)/t8-,10-,12+/m1/s1. The molecule has 0 radical (unpaired) electrons. The molecule has 0 aromatic rings. The molecule has 0 saturated carbocycles. The van der Waals surface area contributed by atoms with Gasteiger partial charge in [0.15, 0.2) is 11.4 Å². The van der Waals surface area contributed by atoms with Gasteiger partial charge in [-0.15, -0.1) is 0 Å². The van der Waals surface area contributed by atoms with E-state index in [0.717, 1.165) is 6.42 Å². The molecule has 2 rings (SSSR count). The number of alkyl halides is 1. The minimum Gasteiger partial charge on any atom is -0.387 e. The molecule has 0 aromatic carbocycles. The van der Waals surface area contributed by atoms with Gasteiger partial charge in [-0.3, -0.25) is 9.59 Å².